The molecule has 0 spiro atoms. The molecule has 1 aliphatic rings. The zero-order chi connectivity index (χ0) is 92.7. The van der Waals surface area contributed by atoms with Crippen LogP contribution in [0.15, 0.2) is 170 Å². The van der Waals surface area contributed by atoms with Crippen molar-refractivity contribution in [3.63, 3.8) is 0 Å². The number of benzene rings is 6. The van der Waals surface area contributed by atoms with Crippen molar-refractivity contribution < 1.29 is 92.0 Å². The van der Waals surface area contributed by atoms with Gasteiger partial charge in [-0.2, -0.15) is 0 Å². The largest absolute Gasteiger partial charge is 0.508 e. The Morgan fingerprint density at radius 1 is 0.465 bits per heavy atom. The van der Waals surface area contributed by atoms with E-state index in [1.165, 1.54) is 100 Å². The zero-order valence-electron chi connectivity index (χ0n) is 72.5. The number of amides is 15. The summed E-state index contributed by atoms with van der Waals surface area (Å²) < 4.78 is 0. The van der Waals surface area contributed by atoms with Crippen LogP contribution in [0.5, 0.6) is 11.5 Å². The molecule has 15 N–H and O–H groups in total. The molecule has 0 radical (unpaired) electrons. The number of aromatic amines is 1. The third-order valence-electron chi connectivity index (χ3n) is 21.6. The maximum Gasteiger partial charge on any atom is 0.305 e. The van der Waals surface area contributed by atoms with Crippen LogP contribution in [0.4, 0.5) is 0 Å². The van der Waals surface area contributed by atoms with E-state index in [1.807, 2.05) is 6.92 Å². The molecule has 36 heteroatoms. The van der Waals surface area contributed by atoms with Gasteiger partial charge in [0.2, 0.25) is 88.6 Å². The molecule has 127 heavy (non-hydrogen) atoms. The topological polar surface area (TPSA) is 500 Å². The number of carbonyl (C=O) groups excluding carboxylic acids is 15. The van der Waals surface area contributed by atoms with Crippen LogP contribution in [0, 0.1) is 5.92 Å². The van der Waals surface area contributed by atoms with Crippen molar-refractivity contribution in [2.24, 2.45) is 11.7 Å². The number of H-pyrrole nitrogens is 1. The molecular formula is C91H114N16O19S. The van der Waals surface area contributed by atoms with Gasteiger partial charge in [-0.1, -0.05) is 167 Å². The normalized spacial score (nSPS) is 22.0. The van der Waals surface area contributed by atoms with Crippen molar-refractivity contribution >= 4 is 117 Å². The monoisotopic (exact) mass is 1770 g/mol. The fourth-order valence-corrected chi connectivity index (χ4v) is 15.5. The summed E-state index contributed by atoms with van der Waals surface area (Å²) in [5.41, 5.74) is 9.10. The van der Waals surface area contributed by atoms with Crippen molar-refractivity contribution in [1.29, 1.82) is 0 Å². The summed E-state index contributed by atoms with van der Waals surface area (Å²) in [5.74, 6) is -16.7. The van der Waals surface area contributed by atoms with E-state index < -0.39 is 193 Å². The van der Waals surface area contributed by atoms with Crippen LogP contribution in [0.1, 0.15) is 93.2 Å². The highest BCUT2D eigenvalue weighted by Gasteiger charge is 2.42. The molecule has 0 aliphatic carbocycles. The Kier molecular flexibility index (Phi) is 37.3. The number of nitrogens with one attached hydrogen (secondary N) is 10. The molecule has 1 aromatic heterocycles. The Morgan fingerprint density at radius 2 is 0.906 bits per heavy atom. The Bertz CT molecular complexity index is 5010. The van der Waals surface area contributed by atoms with Crippen molar-refractivity contribution in [3.05, 3.63) is 203 Å². The van der Waals surface area contributed by atoms with Gasteiger partial charge < -0.3 is 98.4 Å². The molecule has 0 unspecified atom stereocenters. The highest BCUT2D eigenvalue weighted by atomic mass is 32.2. The number of para-hydroxylation sites is 1. The molecule has 1 saturated heterocycles. The summed E-state index contributed by atoms with van der Waals surface area (Å²) >= 11 is 0.828. The van der Waals surface area contributed by atoms with Crippen LogP contribution in [-0.4, -0.2) is 272 Å². The number of aromatic hydroxyl groups is 2. The number of likely N-dealkylation sites (N-methyl/N-ethyl adjacent to an activating group) is 5. The average Bonchev–Trinajstić information content (AvgIpc) is 1.81. The lowest BCUT2D eigenvalue weighted by Gasteiger charge is -2.37. The molecule has 8 rings (SSSR count). The number of aliphatic carboxylic acids is 1. The SMILES string of the molecule is CCCC[C@H]1C(=O)N(C)CC(=O)N[C@@H](CC(=O)O)C(=O)N[C@@H](C)C(=O)N(C)[C@@H](Cc2ccccc2)C(=O)N[C@@H](Cc2ccc(O)cc2)C(=O)N(C)CC(=O)N[C@@H](Cc2c[nH]c3ccccc23)C(=O)N[C@@H](Cc2ccc(O)cc2)C(=O)N[C@@H](CC(C)C)C(=O)N[C@H](C(=O)NCC(N)=O)CSCC(=O)N[C@@H](Cc2ccccc2)C(=O)N(C)[C@@H](Cc2ccccc2)C(=O)N1C. The van der Waals surface area contributed by atoms with E-state index in [1.54, 1.807) is 135 Å². The maximum absolute atomic E-state index is 15.5. The molecule has 7 aromatic rings. The second kappa shape index (κ2) is 48.0. The summed E-state index contributed by atoms with van der Waals surface area (Å²) in [6, 6.07) is 27.2. The first-order valence-corrected chi connectivity index (χ1v) is 42.9. The minimum atomic E-state index is -1.90. The van der Waals surface area contributed by atoms with Gasteiger partial charge in [0.1, 0.15) is 78.0 Å². The van der Waals surface area contributed by atoms with Gasteiger partial charge in [-0.15, -0.1) is 11.8 Å². The van der Waals surface area contributed by atoms with Gasteiger partial charge >= 0.3 is 5.97 Å². The number of primary amides is 1. The molecule has 0 bridgehead atoms. The maximum atomic E-state index is 15.5. The van der Waals surface area contributed by atoms with Crippen molar-refractivity contribution in [1.82, 2.24) is 77.3 Å². The van der Waals surface area contributed by atoms with E-state index in [-0.39, 0.29) is 74.5 Å². The van der Waals surface area contributed by atoms with Crippen molar-refractivity contribution in [3.8, 4) is 11.5 Å². The molecule has 6 aromatic carbocycles. The number of hydrogen-bond acceptors (Lipinski definition) is 19. The fourth-order valence-electron chi connectivity index (χ4n) is 14.6. The first-order valence-electron chi connectivity index (χ1n) is 41.8. The molecule has 15 amide bonds. The second-order valence-electron chi connectivity index (χ2n) is 32.1. The van der Waals surface area contributed by atoms with Gasteiger partial charge in [-0.05, 0) is 89.4 Å². The number of thioether (sulfide) groups is 1. The molecule has 0 saturated carbocycles. The predicted octanol–water partition coefficient (Wildman–Crippen LogP) is 1.69. The summed E-state index contributed by atoms with van der Waals surface area (Å²) in [5, 5.41) is 55.2. The Hall–Kier alpha value is -13.7. The Labute approximate surface area is 740 Å². The highest BCUT2D eigenvalue weighted by Crippen LogP contribution is 2.24. The van der Waals surface area contributed by atoms with Crippen LogP contribution >= 0.6 is 11.8 Å². The van der Waals surface area contributed by atoms with E-state index in [9.17, 15) is 63.3 Å². The summed E-state index contributed by atoms with van der Waals surface area (Å²) in [6.45, 7) is 4.29. The zero-order valence-corrected chi connectivity index (χ0v) is 73.3. The number of carboxylic acids is 1. The third kappa shape index (κ3) is 30.0. The van der Waals surface area contributed by atoms with Crippen LogP contribution in [0.25, 0.3) is 10.9 Å². The minimum Gasteiger partial charge on any atom is -0.508 e. The van der Waals surface area contributed by atoms with Crippen LogP contribution in [0.2, 0.25) is 0 Å². The summed E-state index contributed by atoms with van der Waals surface area (Å²) in [4.78, 5) is 242. The number of nitrogens with two attached hydrogens (primary N) is 1. The van der Waals surface area contributed by atoms with E-state index in [2.05, 4.69) is 52.8 Å². The number of aromatic nitrogens is 1. The number of carboxylic acid groups (broad SMARTS) is 1. The molecule has 1 fully saturated rings. The van der Waals surface area contributed by atoms with Crippen molar-refractivity contribution in [2.45, 2.75) is 165 Å². The molecular weight excluding hydrogens is 1650 g/mol. The van der Waals surface area contributed by atoms with Gasteiger partial charge in [0, 0.05) is 96.6 Å². The number of nitrogens with zero attached hydrogens (tertiary/aromatic N) is 5. The lowest BCUT2D eigenvalue weighted by Crippen LogP contribution is -2.60. The van der Waals surface area contributed by atoms with E-state index in [0.717, 1.165) is 26.5 Å². The van der Waals surface area contributed by atoms with Gasteiger partial charge in [0.25, 0.3) is 0 Å². The number of rotatable bonds is 22. The lowest BCUT2D eigenvalue weighted by atomic mass is 9.99. The first kappa shape index (κ1) is 98.8. The number of hydrogen-bond donors (Lipinski definition) is 14. The first-order chi connectivity index (χ1) is 60.5. The minimum absolute atomic E-state index is 0.0312. The van der Waals surface area contributed by atoms with Crippen LogP contribution in [0.3, 0.4) is 0 Å². The highest BCUT2D eigenvalue weighted by molar-refractivity contribution is 8.00. The number of fused-ring (bicyclic) bond motifs is 1. The molecule has 1 aliphatic heterocycles. The standard InChI is InChI=1S/C91H114N16O19S/c1-10-11-31-73-90(125)104(6)51-78(112)97-69(47-80(114)115)82(117)95-55(4)87(122)106(8)74(44-57-25-17-13-18-26-57)86(121)101-70(43-60-34-38-63(109)39-35-60)88(123)103(5)50-77(111)96-68(46-61-48-93-65-30-22-21-29-64(61)65)85(120)100-67(41-59-32-36-62(108)37-33-59)84(119)99-66(40-54(2)3)83(118)102-72(81(116)94-49-76(92)110)52-127-53-79(113)98-71(42-56-23-15-12-16-24-56)89(124)107(9)75(91(126)105(73)7)45-58-27-19-14-20-28-58/h12-30,32-39,48,54-55,66-75,93,108-109H,10-11,31,40-47,49-53H2,1-9H3,(H2,92,110)(H,94,116)(H,95,117)(H,96,111)(H,97,112)(H,98,113)(H,99,119)(H,100,120)(H,101,121)(H,102,118)(H,114,115)/t55-,66-,67-,68-,69-,70-,71-,72-,73-,74-,75-/m0/s1. The molecule has 2 heterocycles. The smallest absolute Gasteiger partial charge is 0.305 e. The average molecular weight is 1770 g/mol. The fraction of sp³-hybridized carbons (Fsp3) is 0.407. The Morgan fingerprint density at radius 3 is 1.45 bits per heavy atom. The van der Waals surface area contributed by atoms with Crippen LogP contribution < -0.4 is 53.6 Å². The van der Waals surface area contributed by atoms with Gasteiger partial charge in [0.05, 0.1) is 31.8 Å². The number of phenolic OH excluding ortho intramolecular Hbond substituents is 2. The third-order valence-corrected chi connectivity index (χ3v) is 22.6. The predicted molar refractivity (Wildman–Crippen MR) is 473 cm³/mol. The van der Waals surface area contributed by atoms with Crippen molar-refractivity contribution in [2.75, 3.05) is 66.4 Å². The molecule has 35 nitrogen and oxygen atoms in total. The molecule has 678 valence electrons. The number of phenols is 2. The lowest BCUT2D eigenvalue weighted by molar-refractivity contribution is -0.151. The van der Waals surface area contributed by atoms with E-state index >= 15 is 28.8 Å². The van der Waals surface area contributed by atoms with E-state index in [0.29, 0.717) is 57.1 Å². The number of carbonyl (C=O) groups is 16. The summed E-state index contributed by atoms with van der Waals surface area (Å²) in [6.07, 6.45) is 0.103. The molecule has 11 atom stereocenters. The van der Waals surface area contributed by atoms with Gasteiger partial charge in [-0.25, -0.2) is 0 Å². The van der Waals surface area contributed by atoms with E-state index in [4.69, 9.17) is 5.73 Å². The summed E-state index contributed by atoms with van der Waals surface area (Å²) in [7, 11) is 6.49. The Balaban J connectivity index is 1.20. The number of unbranched alkanes of at least 4 members (excludes halogenated alkanes) is 1. The second-order valence-corrected chi connectivity index (χ2v) is 33.1. The van der Waals surface area contributed by atoms with Gasteiger partial charge in [0.15, 0.2) is 0 Å². The quantitative estimate of drug-likeness (QED) is 0.0459. The van der Waals surface area contributed by atoms with Crippen LogP contribution in [-0.2, 0) is 115 Å². The van der Waals surface area contributed by atoms with Gasteiger partial charge in [-0.3, -0.25) is 76.7 Å².